The highest BCUT2D eigenvalue weighted by Gasteiger charge is 2.53. The van der Waals surface area contributed by atoms with Gasteiger partial charge in [-0.2, -0.15) is 26.3 Å². The van der Waals surface area contributed by atoms with E-state index in [9.17, 15) is 35.1 Å². The van der Waals surface area contributed by atoms with Crippen LogP contribution >= 0.6 is 0 Å². The molecule has 0 aromatic carbocycles. The molecule has 0 fully saturated rings. The van der Waals surface area contributed by atoms with Crippen molar-refractivity contribution < 1.29 is 54.1 Å². The van der Waals surface area contributed by atoms with Gasteiger partial charge in [-0.05, 0) is 20.8 Å². The Morgan fingerprint density at radius 1 is 0.769 bits per heavy atom. The minimum atomic E-state index is -3.66. The summed E-state index contributed by atoms with van der Waals surface area (Å²) >= 11 is 0. The molecule has 1 atom stereocenters. The second-order valence-electron chi connectivity index (χ2n) is 5.07. The molecule has 0 saturated carbocycles. The molecule has 0 radical (unpaired) electrons. The van der Waals surface area contributed by atoms with E-state index in [0.29, 0.717) is 20.8 Å². The minimum Gasteiger partial charge on any atom is -0.462 e. The van der Waals surface area contributed by atoms with E-state index in [1.807, 2.05) is 0 Å². The Morgan fingerprint density at radius 3 is 1.46 bits per heavy atom. The fraction of sp³-hybridized carbons (Fsp3) is 0.857. The summed E-state index contributed by atoms with van der Waals surface area (Å²) in [6, 6.07) is 0. The molecule has 0 spiro atoms. The highest BCUT2D eigenvalue weighted by molar-refractivity contribution is 4.83. The summed E-state index contributed by atoms with van der Waals surface area (Å²) in [4.78, 5) is 0. The van der Waals surface area contributed by atoms with Crippen molar-refractivity contribution in [3.05, 3.63) is 12.0 Å². The van der Waals surface area contributed by atoms with Crippen LogP contribution in [-0.2, 0) is 18.9 Å². The number of rotatable bonds is 9. The molecule has 0 rings (SSSR count). The zero-order valence-corrected chi connectivity index (χ0v) is 15.1. The average Bonchev–Trinajstić information content (AvgIpc) is 2.34. The third-order valence-corrected chi connectivity index (χ3v) is 2.29. The summed E-state index contributed by atoms with van der Waals surface area (Å²) in [5.74, 6) is -7.55. The normalized spacial score (nSPS) is 14.7. The first-order chi connectivity index (χ1) is 11.4. The predicted molar refractivity (Wildman–Crippen MR) is 74.9 cm³/mol. The standard InChI is InChI=1S/C8H14F4O2.C6H8F4O2/c1-5-13-7(3,6(2,9)10)14-8(4,11)12;1-3-11-5(4(7)8)12-6(2,9)10/h5H2,1-4H3;3H2,1-2H3. The molecular formula is C14H22F8O4. The van der Waals surface area contributed by atoms with Gasteiger partial charge >= 0.3 is 24.2 Å². The van der Waals surface area contributed by atoms with Crippen LogP contribution in [0.1, 0.15) is 41.5 Å². The molecule has 158 valence electrons. The van der Waals surface area contributed by atoms with Crippen molar-refractivity contribution in [2.75, 3.05) is 13.2 Å². The van der Waals surface area contributed by atoms with E-state index in [0.717, 1.165) is 6.92 Å². The number of ether oxygens (including phenoxy) is 4. The van der Waals surface area contributed by atoms with E-state index >= 15 is 0 Å². The van der Waals surface area contributed by atoms with Crippen molar-refractivity contribution in [2.45, 2.75) is 65.5 Å². The smallest absolute Gasteiger partial charge is 0.397 e. The molecule has 12 heteroatoms. The Bertz CT molecular complexity index is 436. The molecule has 0 heterocycles. The lowest BCUT2D eigenvalue weighted by Crippen LogP contribution is -2.51. The SMILES string of the molecule is CCOC(C)(OC(C)(F)F)C(C)(F)F.CCOC(OC(C)(F)F)=C(F)F. The van der Waals surface area contributed by atoms with E-state index < -0.39 is 36.0 Å². The Balaban J connectivity index is 0. The molecule has 0 aliphatic heterocycles. The summed E-state index contributed by atoms with van der Waals surface area (Å²) in [6.07, 6.45) is -9.73. The quantitative estimate of drug-likeness (QED) is 0.278. The van der Waals surface area contributed by atoms with Crippen LogP contribution in [0.5, 0.6) is 0 Å². The zero-order valence-electron chi connectivity index (χ0n) is 15.1. The van der Waals surface area contributed by atoms with Crippen LogP contribution in [0.15, 0.2) is 12.0 Å². The van der Waals surface area contributed by atoms with Gasteiger partial charge < -0.3 is 14.2 Å². The van der Waals surface area contributed by atoms with Gasteiger partial charge in [0.1, 0.15) is 0 Å². The molecule has 4 nitrogen and oxygen atoms in total. The van der Waals surface area contributed by atoms with Crippen LogP contribution in [-0.4, -0.2) is 37.1 Å². The lowest BCUT2D eigenvalue weighted by molar-refractivity contribution is -0.404. The summed E-state index contributed by atoms with van der Waals surface area (Å²) in [5.41, 5.74) is 0. The maximum Gasteiger partial charge on any atom is 0.397 e. The van der Waals surface area contributed by atoms with E-state index in [2.05, 4.69) is 18.9 Å². The second-order valence-corrected chi connectivity index (χ2v) is 5.07. The lowest BCUT2D eigenvalue weighted by Gasteiger charge is -2.36. The van der Waals surface area contributed by atoms with Gasteiger partial charge in [0, 0.05) is 27.4 Å². The maximum absolute atomic E-state index is 12.9. The first-order valence-corrected chi connectivity index (χ1v) is 7.23. The molecule has 0 amide bonds. The van der Waals surface area contributed by atoms with Crippen LogP contribution in [0.25, 0.3) is 0 Å². The van der Waals surface area contributed by atoms with Gasteiger partial charge in [-0.15, -0.1) is 0 Å². The maximum atomic E-state index is 12.9. The zero-order chi connectivity index (χ0) is 21.4. The van der Waals surface area contributed by atoms with E-state index in [1.54, 1.807) is 0 Å². The number of halogens is 8. The summed E-state index contributed by atoms with van der Waals surface area (Å²) in [7, 11) is 0. The van der Waals surface area contributed by atoms with Crippen LogP contribution in [0, 0.1) is 0 Å². The van der Waals surface area contributed by atoms with Crippen molar-refractivity contribution >= 4 is 0 Å². The van der Waals surface area contributed by atoms with Crippen LogP contribution in [0.3, 0.4) is 0 Å². The van der Waals surface area contributed by atoms with Gasteiger partial charge in [-0.25, -0.2) is 8.78 Å². The Labute approximate surface area is 146 Å². The van der Waals surface area contributed by atoms with Crippen molar-refractivity contribution in [1.82, 2.24) is 0 Å². The largest absolute Gasteiger partial charge is 0.462 e. The molecule has 0 saturated heterocycles. The Hall–Kier alpha value is -1.30. The van der Waals surface area contributed by atoms with Gasteiger partial charge in [0.05, 0.1) is 6.61 Å². The highest BCUT2D eigenvalue weighted by Crippen LogP contribution is 2.37. The third kappa shape index (κ3) is 12.1. The van der Waals surface area contributed by atoms with Gasteiger partial charge in [0.2, 0.25) is 5.79 Å². The number of hydrogen-bond acceptors (Lipinski definition) is 4. The fourth-order valence-electron chi connectivity index (χ4n) is 1.28. The lowest BCUT2D eigenvalue weighted by atomic mass is 10.2. The van der Waals surface area contributed by atoms with Crippen LogP contribution < -0.4 is 0 Å². The molecule has 0 aromatic heterocycles. The van der Waals surface area contributed by atoms with Gasteiger partial charge in [0.25, 0.3) is 5.92 Å². The molecule has 0 bridgehead atoms. The molecule has 1 unspecified atom stereocenters. The molecular weight excluding hydrogens is 384 g/mol. The summed E-state index contributed by atoms with van der Waals surface area (Å²) in [6.45, 7) is 4.47. The second kappa shape index (κ2) is 10.1. The minimum absolute atomic E-state index is 0.143. The van der Waals surface area contributed by atoms with Crippen LogP contribution in [0.2, 0.25) is 0 Å². The first-order valence-electron chi connectivity index (χ1n) is 7.23. The molecule has 0 aliphatic carbocycles. The van der Waals surface area contributed by atoms with Crippen LogP contribution in [0.4, 0.5) is 35.1 Å². The van der Waals surface area contributed by atoms with Crippen molar-refractivity contribution in [2.24, 2.45) is 0 Å². The molecule has 26 heavy (non-hydrogen) atoms. The van der Waals surface area contributed by atoms with E-state index in [-0.39, 0.29) is 13.2 Å². The summed E-state index contributed by atoms with van der Waals surface area (Å²) in [5, 5.41) is 0. The monoisotopic (exact) mass is 406 g/mol. The summed E-state index contributed by atoms with van der Waals surface area (Å²) < 4.78 is 114. The molecule has 0 N–H and O–H groups in total. The van der Waals surface area contributed by atoms with Gasteiger partial charge in [0.15, 0.2) is 0 Å². The third-order valence-electron chi connectivity index (χ3n) is 2.29. The predicted octanol–water partition coefficient (Wildman–Crippen LogP) is 5.74. The van der Waals surface area contributed by atoms with Crippen molar-refractivity contribution in [3.63, 3.8) is 0 Å². The van der Waals surface area contributed by atoms with Gasteiger partial charge in [-0.3, -0.25) is 4.74 Å². The Kier molecular flexibility index (Phi) is 10.5. The number of hydrogen-bond donors (Lipinski definition) is 0. The molecule has 0 aromatic rings. The van der Waals surface area contributed by atoms with E-state index in [1.165, 1.54) is 13.8 Å². The highest BCUT2D eigenvalue weighted by atomic mass is 19.3. The average molecular weight is 406 g/mol. The van der Waals surface area contributed by atoms with E-state index in [4.69, 9.17) is 0 Å². The van der Waals surface area contributed by atoms with Crippen molar-refractivity contribution in [3.8, 4) is 0 Å². The number of alkyl halides is 6. The Morgan fingerprint density at radius 2 is 1.23 bits per heavy atom. The van der Waals surface area contributed by atoms with Crippen molar-refractivity contribution in [1.29, 1.82) is 0 Å². The van der Waals surface area contributed by atoms with Gasteiger partial charge in [-0.1, -0.05) is 0 Å². The topological polar surface area (TPSA) is 36.9 Å². The molecule has 0 aliphatic rings. The first kappa shape index (κ1) is 26.9. The fourth-order valence-corrected chi connectivity index (χ4v) is 1.28.